The first-order valence-electron chi connectivity index (χ1n) is 9.76. The Bertz CT molecular complexity index is 943. The number of anilines is 1. The van der Waals surface area contributed by atoms with Crippen molar-refractivity contribution in [2.75, 3.05) is 24.6 Å². The number of H-pyrrole nitrogens is 1. The Hall–Kier alpha value is -2.70. The van der Waals surface area contributed by atoms with E-state index in [0.29, 0.717) is 17.7 Å². The molecule has 5 rings (SSSR count). The number of nitrogens with one attached hydrogen (secondary N) is 1. The predicted molar refractivity (Wildman–Crippen MR) is 103 cm³/mol. The Labute approximate surface area is 158 Å². The molecule has 2 fully saturated rings. The van der Waals surface area contributed by atoms with Crippen LogP contribution < -0.4 is 9.64 Å². The second-order valence-corrected chi connectivity index (χ2v) is 7.71. The Kier molecular flexibility index (Phi) is 4.14. The number of piperidine rings is 1. The van der Waals surface area contributed by atoms with Crippen LogP contribution in [0.25, 0.3) is 11.0 Å². The van der Waals surface area contributed by atoms with Crippen LogP contribution in [0, 0.1) is 12.8 Å². The molecule has 0 atom stereocenters. The van der Waals surface area contributed by atoms with Crippen LogP contribution >= 0.6 is 0 Å². The van der Waals surface area contributed by atoms with Crippen molar-refractivity contribution in [3.8, 4) is 5.88 Å². The Balaban J connectivity index is 1.19. The summed E-state index contributed by atoms with van der Waals surface area (Å²) in [6.07, 6.45) is 7.95. The molecule has 1 aliphatic carbocycles. The van der Waals surface area contributed by atoms with E-state index in [1.54, 1.807) is 12.7 Å². The van der Waals surface area contributed by atoms with Gasteiger partial charge in [0.2, 0.25) is 5.88 Å². The molecule has 7 nitrogen and oxygen atoms in total. The molecular weight excluding hydrogens is 340 g/mol. The van der Waals surface area contributed by atoms with Gasteiger partial charge >= 0.3 is 0 Å². The summed E-state index contributed by atoms with van der Waals surface area (Å²) in [5, 5.41) is 0. The lowest BCUT2D eigenvalue weighted by Crippen LogP contribution is -2.36. The number of aromatic nitrogens is 5. The number of ether oxygens (including phenoxy) is 1. The number of aryl methyl sites for hydroxylation is 1. The second-order valence-electron chi connectivity index (χ2n) is 7.71. The maximum atomic E-state index is 5.98. The fraction of sp³-hybridized carbons (Fsp3) is 0.500. The number of fused-ring (bicyclic) bond motifs is 1. The molecule has 140 valence electrons. The van der Waals surface area contributed by atoms with Crippen LogP contribution in [0.15, 0.2) is 24.8 Å². The topological polar surface area (TPSA) is 79.8 Å². The first-order valence-corrected chi connectivity index (χ1v) is 9.76. The molecule has 0 radical (unpaired) electrons. The highest BCUT2D eigenvalue weighted by Crippen LogP contribution is 2.39. The standard InChI is InChI=1S/C20H24N6O/c1-13-8-17-19(25-13)20(24-12-22-17)26-6-4-14(5-7-26)10-27-18-9-16(15-2-3-15)21-11-23-18/h8-9,11-12,14-15,25H,2-7,10H2,1H3. The minimum absolute atomic E-state index is 0.545. The van der Waals surface area contributed by atoms with Crippen molar-refractivity contribution >= 4 is 16.9 Å². The summed E-state index contributed by atoms with van der Waals surface area (Å²) >= 11 is 0. The Morgan fingerprint density at radius 3 is 2.67 bits per heavy atom. The van der Waals surface area contributed by atoms with Gasteiger partial charge in [-0.25, -0.2) is 19.9 Å². The quantitative estimate of drug-likeness (QED) is 0.749. The van der Waals surface area contributed by atoms with Gasteiger partial charge in [-0.15, -0.1) is 0 Å². The maximum Gasteiger partial charge on any atom is 0.216 e. The summed E-state index contributed by atoms with van der Waals surface area (Å²) in [6.45, 7) is 4.73. The van der Waals surface area contributed by atoms with Crippen molar-refractivity contribution in [2.45, 2.75) is 38.5 Å². The molecule has 0 aromatic carbocycles. The zero-order valence-corrected chi connectivity index (χ0v) is 15.6. The molecule has 7 heteroatoms. The van der Waals surface area contributed by atoms with Gasteiger partial charge in [0.1, 0.15) is 18.2 Å². The van der Waals surface area contributed by atoms with E-state index in [0.717, 1.165) is 60.8 Å². The highest BCUT2D eigenvalue weighted by atomic mass is 16.5. The molecule has 1 saturated carbocycles. The highest BCUT2D eigenvalue weighted by Gasteiger charge is 2.26. The molecule has 0 spiro atoms. The van der Waals surface area contributed by atoms with Gasteiger partial charge in [-0.3, -0.25) is 0 Å². The summed E-state index contributed by atoms with van der Waals surface area (Å²) in [5.74, 6) is 2.90. The van der Waals surface area contributed by atoms with Crippen molar-refractivity contribution in [3.63, 3.8) is 0 Å². The van der Waals surface area contributed by atoms with E-state index >= 15 is 0 Å². The summed E-state index contributed by atoms with van der Waals surface area (Å²) in [7, 11) is 0. The summed E-state index contributed by atoms with van der Waals surface area (Å²) in [6, 6.07) is 4.08. The predicted octanol–water partition coefficient (Wildman–Crippen LogP) is 3.23. The lowest BCUT2D eigenvalue weighted by Gasteiger charge is -2.32. The van der Waals surface area contributed by atoms with Crippen molar-refractivity contribution in [2.24, 2.45) is 5.92 Å². The second kappa shape index (κ2) is 6.79. The molecule has 1 N–H and O–H groups in total. The fourth-order valence-corrected chi connectivity index (χ4v) is 3.85. The van der Waals surface area contributed by atoms with Gasteiger partial charge in [0.15, 0.2) is 5.82 Å². The normalized spacial score (nSPS) is 18.2. The number of rotatable bonds is 5. The molecule has 27 heavy (non-hydrogen) atoms. The zero-order chi connectivity index (χ0) is 18.2. The molecule has 1 saturated heterocycles. The largest absolute Gasteiger partial charge is 0.477 e. The van der Waals surface area contributed by atoms with E-state index in [2.05, 4.69) is 42.8 Å². The number of nitrogens with zero attached hydrogens (tertiary/aromatic N) is 5. The van der Waals surface area contributed by atoms with Crippen LogP contribution in [0.3, 0.4) is 0 Å². The van der Waals surface area contributed by atoms with Gasteiger partial charge in [-0.05, 0) is 44.6 Å². The van der Waals surface area contributed by atoms with Crippen molar-refractivity contribution in [1.29, 1.82) is 0 Å². The molecular formula is C20H24N6O. The Morgan fingerprint density at radius 1 is 1.04 bits per heavy atom. The first kappa shape index (κ1) is 16.5. The highest BCUT2D eigenvalue weighted by molar-refractivity contribution is 5.86. The fourth-order valence-electron chi connectivity index (χ4n) is 3.85. The molecule has 0 amide bonds. The molecule has 2 aliphatic rings. The third kappa shape index (κ3) is 3.46. The summed E-state index contributed by atoms with van der Waals surface area (Å²) < 4.78 is 5.98. The van der Waals surface area contributed by atoms with E-state index in [1.165, 1.54) is 12.8 Å². The number of hydrogen-bond acceptors (Lipinski definition) is 6. The minimum atomic E-state index is 0.545. The van der Waals surface area contributed by atoms with Gasteiger partial charge in [0.25, 0.3) is 0 Å². The van der Waals surface area contributed by atoms with E-state index in [4.69, 9.17) is 4.74 Å². The summed E-state index contributed by atoms with van der Waals surface area (Å²) in [5.41, 5.74) is 4.27. The average Bonchev–Trinajstić information content (AvgIpc) is 3.48. The van der Waals surface area contributed by atoms with Crippen LogP contribution in [-0.2, 0) is 0 Å². The van der Waals surface area contributed by atoms with Crippen LogP contribution in [-0.4, -0.2) is 44.6 Å². The van der Waals surface area contributed by atoms with Gasteiger partial charge in [0.05, 0.1) is 17.8 Å². The van der Waals surface area contributed by atoms with Gasteiger partial charge in [-0.1, -0.05) is 0 Å². The van der Waals surface area contributed by atoms with Gasteiger partial charge in [0, 0.05) is 30.8 Å². The maximum absolute atomic E-state index is 5.98. The molecule has 0 bridgehead atoms. The van der Waals surface area contributed by atoms with E-state index in [9.17, 15) is 0 Å². The van der Waals surface area contributed by atoms with Crippen molar-refractivity contribution < 1.29 is 4.74 Å². The zero-order valence-electron chi connectivity index (χ0n) is 15.6. The van der Waals surface area contributed by atoms with E-state index in [1.807, 2.05) is 6.07 Å². The first-order chi connectivity index (χ1) is 13.3. The molecule has 4 heterocycles. The third-order valence-electron chi connectivity index (χ3n) is 5.57. The lowest BCUT2D eigenvalue weighted by molar-refractivity contribution is 0.215. The van der Waals surface area contributed by atoms with Gasteiger partial charge in [-0.2, -0.15) is 0 Å². The van der Waals surface area contributed by atoms with Crippen LogP contribution in [0.1, 0.15) is 43.0 Å². The number of hydrogen-bond donors (Lipinski definition) is 1. The van der Waals surface area contributed by atoms with E-state index < -0.39 is 0 Å². The van der Waals surface area contributed by atoms with Crippen LogP contribution in [0.2, 0.25) is 0 Å². The minimum Gasteiger partial charge on any atom is -0.477 e. The molecule has 3 aromatic heterocycles. The monoisotopic (exact) mass is 364 g/mol. The SMILES string of the molecule is Cc1cc2ncnc(N3CCC(COc4cc(C5CC5)ncn4)CC3)c2[nH]1. The van der Waals surface area contributed by atoms with Crippen LogP contribution in [0.5, 0.6) is 5.88 Å². The molecule has 0 unspecified atom stereocenters. The smallest absolute Gasteiger partial charge is 0.216 e. The average molecular weight is 364 g/mol. The van der Waals surface area contributed by atoms with Crippen LogP contribution in [0.4, 0.5) is 5.82 Å². The lowest BCUT2D eigenvalue weighted by atomic mass is 9.98. The Morgan fingerprint density at radius 2 is 1.85 bits per heavy atom. The van der Waals surface area contributed by atoms with Crippen molar-refractivity contribution in [1.82, 2.24) is 24.9 Å². The third-order valence-corrected chi connectivity index (χ3v) is 5.57. The number of aromatic amines is 1. The van der Waals surface area contributed by atoms with Gasteiger partial charge < -0.3 is 14.6 Å². The summed E-state index contributed by atoms with van der Waals surface area (Å²) in [4.78, 5) is 23.3. The molecule has 1 aliphatic heterocycles. The van der Waals surface area contributed by atoms with Crippen molar-refractivity contribution in [3.05, 3.63) is 36.2 Å². The van der Waals surface area contributed by atoms with E-state index in [-0.39, 0.29) is 0 Å². The molecule has 3 aromatic rings.